The van der Waals surface area contributed by atoms with Gasteiger partial charge in [-0.2, -0.15) is 11.3 Å². The van der Waals surface area contributed by atoms with Gasteiger partial charge in [0.15, 0.2) is 0 Å². The summed E-state index contributed by atoms with van der Waals surface area (Å²) in [7, 11) is 3.13. The Hall–Kier alpha value is -2.58. The Morgan fingerprint density at radius 1 is 1.11 bits per heavy atom. The quantitative estimate of drug-likeness (QED) is 0.765. The Morgan fingerprint density at radius 3 is 2.54 bits per heavy atom. The number of piperazine rings is 1. The minimum Gasteiger partial charge on any atom is -0.497 e. The highest BCUT2D eigenvalue weighted by atomic mass is 32.1. The standard InChI is InChI=1S/C20H25N3O4S/c1-26-16-3-4-17(18(13-16)27-2)20(25)23-10-8-22(9-11-23)7-6-21-19(24)15-5-12-28-14-15/h3-5,12-14H,6-11H2,1-2H3,(H,21,24). The molecule has 7 nitrogen and oxygen atoms in total. The zero-order chi connectivity index (χ0) is 19.9. The molecule has 1 saturated heterocycles. The Kier molecular flexibility index (Phi) is 6.89. The van der Waals surface area contributed by atoms with Crippen molar-refractivity contribution in [2.75, 3.05) is 53.5 Å². The molecule has 1 aromatic carbocycles. The fraction of sp³-hybridized carbons (Fsp3) is 0.400. The number of amides is 2. The fourth-order valence-electron chi connectivity index (χ4n) is 3.14. The van der Waals surface area contributed by atoms with Crippen molar-refractivity contribution in [2.45, 2.75) is 0 Å². The summed E-state index contributed by atoms with van der Waals surface area (Å²) in [5.41, 5.74) is 1.24. The minimum absolute atomic E-state index is 0.0371. The van der Waals surface area contributed by atoms with E-state index in [1.807, 2.05) is 21.7 Å². The first-order valence-electron chi connectivity index (χ1n) is 9.16. The maximum absolute atomic E-state index is 12.9. The molecule has 0 bridgehead atoms. The lowest BCUT2D eigenvalue weighted by Crippen LogP contribution is -2.50. The lowest BCUT2D eigenvalue weighted by Gasteiger charge is -2.35. The van der Waals surface area contributed by atoms with Gasteiger partial charge in [0.1, 0.15) is 11.5 Å². The summed E-state index contributed by atoms with van der Waals surface area (Å²) in [5, 5.41) is 6.67. The zero-order valence-electron chi connectivity index (χ0n) is 16.1. The van der Waals surface area contributed by atoms with E-state index >= 15 is 0 Å². The minimum atomic E-state index is -0.0401. The number of benzene rings is 1. The summed E-state index contributed by atoms with van der Waals surface area (Å²) in [6, 6.07) is 7.05. The van der Waals surface area contributed by atoms with Gasteiger partial charge in [-0.15, -0.1) is 0 Å². The van der Waals surface area contributed by atoms with Crippen molar-refractivity contribution in [3.63, 3.8) is 0 Å². The van der Waals surface area contributed by atoms with Crippen molar-refractivity contribution in [3.8, 4) is 11.5 Å². The van der Waals surface area contributed by atoms with Gasteiger partial charge in [0.2, 0.25) is 0 Å². The van der Waals surface area contributed by atoms with Crippen molar-refractivity contribution < 1.29 is 19.1 Å². The average molecular weight is 404 g/mol. The predicted molar refractivity (Wildman–Crippen MR) is 109 cm³/mol. The first-order chi connectivity index (χ1) is 13.6. The number of nitrogens with one attached hydrogen (secondary N) is 1. The number of methoxy groups -OCH3 is 2. The Labute approximate surface area is 168 Å². The van der Waals surface area contributed by atoms with Gasteiger partial charge in [0, 0.05) is 56.3 Å². The normalized spacial score (nSPS) is 14.6. The van der Waals surface area contributed by atoms with Crippen LogP contribution in [0.1, 0.15) is 20.7 Å². The summed E-state index contributed by atoms with van der Waals surface area (Å²) < 4.78 is 10.5. The Morgan fingerprint density at radius 2 is 1.89 bits per heavy atom. The van der Waals surface area contributed by atoms with E-state index in [2.05, 4.69) is 10.2 Å². The number of hydrogen-bond acceptors (Lipinski definition) is 6. The van der Waals surface area contributed by atoms with E-state index in [1.54, 1.807) is 32.4 Å². The van der Waals surface area contributed by atoms with Crippen molar-refractivity contribution in [1.29, 1.82) is 0 Å². The highest BCUT2D eigenvalue weighted by Crippen LogP contribution is 2.26. The monoisotopic (exact) mass is 403 g/mol. The molecule has 1 fully saturated rings. The maximum Gasteiger partial charge on any atom is 0.257 e. The van der Waals surface area contributed by atoms with Crippen LogP contribution in [-0.4, -0.2) is 75.1 Å². The molecule has 0 aliphatic carbocycles. The second kappa shape index (κ2) is 9.57. The van der Waals surface area contributed by atoms with Gasteiger partial charge in [-0.1, -0.05) is 0 Å². The van der Waals surface area contributed by atoms with Gasteiger partial charge in [-0.3, -0.25) is 14.5 Å². The number of ether oxygens (including phenoxy) is 2. The van der Waals surface area contributed by atoms with Crippen molar-refractivity contribution in [3.05, 3.63) is 46.2 Å². The molecule has 2 heterocycles. The van der Waals surface area contributed by atoms with Crippen LogP contribution in [0.5, 0.6) is 11.5 Å². The maximum atomic E-state index is 12.9. The number of nitrogens with zero attached hydrogens (tertiary/aromatic N) is 2. The van der Waals surface area contributed by atoms with Gasteiger partial charge >= 0.3 is 0 Å². The molecule has 1 aliphatic rings. The Bertz CT molecular complexity index is 802. The van der Waals surface area contributed by atoms with E-state index in [9.17, 15) is 9.59 Å². The fourth-order valence-corrected chi connectivity index (χ4v) is 3.78. The summed E-state index contributed by atoms with van der Waals surface area (Å²) in [4.78, 5) is 28.9. The van der Waals surface area contributed by atoms with Crippen molar-refractivity contribution in [2.24, 2.45) is 0 Å². The number of carbonyl (C=O) groups is 2. The van der Waals surface area contributed by atoms with Gasteiger partial charge < -0.3 is 19.7 Å². The third-order valence-corrected chi connectivity index (χ3v) is 5.48. The zero-order valence-corrected chi connectivity index (χ0v) is 17.0. The van der Waals surface area contributed by atoms with Crippen LogP contribution in [0.3, 0.4) is 0 Å². The molecule has 0 saturated carbocycles. The molecule has 28 heavy (non-hydrogen) atoms. The van der Waals surface area contributed by atoms with Gasteiger partial charge in [-0.25, -0.2) is 0 Å². The largest absolute Gasteiger partial charge is 0.497 e. The molecular formula is C20H25N3O4S. The lowest BCUT2D eigenvalue weighted by molar-refractivity contribution is 0.0635. The number of thiophene rings is 1. The van der Waals surface area contributed by atoms with E-state index in [0.29, 0.717) is 42.3 Å². The molecule has 0 atom stereocenters. The molecule has 0 unspecified atom stereocenters. The number of carbonyl (C=O) groups excluding carboxylic acids is 2. The topological polar surface area (TPSA) is 71.1 Å². The highest BCUT2D eigenvalue weighted by Gasteiger charge is 2.24. The van der Waals surface area contributed by atoms with Crippen LogP contribution in [-0.2, 0) is 0 Å². The average Bonchev–Trinajstić information content (AvgIpc) is 3.28. The van der Waals surface area contributed by atoms with Crippen LogP contribution in [0.15, 0.2) is 35.0 Å². The van der Waals surface area contributed by atoms with E-state index in [1.165, 1.54) is 11.3 Å². The number of hydrogen-bond donors (Lipinski definition) is 1. The second-order valence-electron chi connectivity index (χ2n) is 6.47. The molecule has 2 aromatic rings. The van der Waals surface area contributed by atoms with Crippen molar-refractivity contribution in [1.82, 2.24) is 15.1 Å². The van der Waals surface area contributed by atoms with E-state index < -0.39 is 0 Å². The van der Waals surface area contributed by atoms with Crippen molar-refractivity contribution >= 4 is 23.2 Å². The van der Waals surface area contributed by atoms with E-state index in [-0.39, 0.29) is 11.8 Å². The molecule has 1 N–H and O–H groups in total. The predicted octanol–water partition coefficient (Wildman–Crippen LogP) is 1.95. The van der Waals surface area contributed by atoms with Crippen LogP contribution in [0.4, 0.5) is 0 Å². The second-order valence-corrected chi connectivity index (χ2v) is 7.25. The van der Waals surface area contributed by atoms with Crippen LogP contribution in [0.25, 0.3) is 0 Å². The smallest absolute Gasteiger partial charge is 0.257 e. The van der Waals surface area contributed by atoms with Gasteiger partial charge in [0.25, 0.3) is 11.8 Å². The molecule has 0 spiro atoms. The highest BCUT2D eigenvalue weighted by molar-refractivity contribution is 7.08. The van der Waals surface area contributed by atoms with Crippen LogP contribution >= 0.6 is 11.3 Å². The lowest BCUT2D eigenvalue weighted by atomic mass is 10.1. The van der Waals surface area contributed by atoms with E-state index in [4.69, 9.17) is 9.47 Å². The molecule has 8 heteroatoms. The van der Waals surface area contributed by atoms with Gasteiger partial charge in [0.05, 0.1) is 19.8 Å². The first kappa shape index (κ1) is 20.2. The molecular weight excluding hydrogens is 378 g/mol. The van der Waals surface area contributed by atoms with Gasteiger partial charge in [-0.05, 0) is 23.6 Å². The molecule has 0 radical (unpaired) electrons. The van der Waals surface area contributed by atoms with Crippen LogP contribution in [0.2, 0.25) is 0 Å². The summed E-state index contributed by atoms with van der Waals surface area (Å²) in [5.74, 6) is 1.09. The Balaban J connectivity index is 1.47. The molecule has 3 rings (SSSR count). The molecule has 150 valence electrons. The van der Waals surface area contributed by atoms with Crippen LogP contribution < -0.4 is 14.8 Å². The molecule has 2 amide bonds. The van der Waals surface area contributed by atoms with E-state index in [0.717, 1.165) is 19.6 Å². The first-order valence-corrected chi connectivity index (χ1v) is 10.1. The summed E-state index contributed by atoms with van der Waals surface area (Å²) in [6.45, 7) is 4.20. The molecule has 1 aromatic heterocycles. The third kappa shape index (κ3) is 4.82. The number of rotatable bonds is 7. The summed E-state index contributed by atoms with van der Waals surface area (Å²) >= 11 is 1.51. The molecule has 1 aliphatic heterocycles. The summed E-state index contributed by atoms with van der Waals surface area (Å²) in [6.07, 6.45) is 0. The van der Waals surface area contributed by atoms with Crippen LogP contribution in [0, 0.1) is 0 Å². The SMILES string of the molecule is COc1ccc(C(=O)N2CCN(CCNC(=O)c3ccsc3)CC2)c(OC)c1. The third-order valence-electron chi connectivity index (χ3n) is 4.80.